The summed E-state index contributed by atoms with van der Waals surface area (Å²) in [6.07, 6.45) is 6.64. The monoisotopic (exact) mass is 341 g/mol. The van der Waals surface area contributed by atoms with Gasteiger partial charge in [-0.15, -0.1) is 10.2 Å². The average molecular weight is 341 g/mol. The van der Waals surface area contributed by atoms with Crippen molar-refractivity contribution in [2.45, 2.75) is 32.2 Å². The molecule has 7 nitrogen and oxygen atoms in total. The molecule has 2 aromatic rings. The Kier molecular flexibility index (Phi) is 5.77. The summed E-state index contributed by atoms with van der Waals surface area (Å²) in [7, 11) is 0. The van der Waals surface area contributed by atoms with E-state index >= 15 is 0 Å². The third kappa shape index (κ3) is 5.14. The van der Waals surface area contributed by atoms with Crippen LogP contribution in [0.2, 0.25) is 0 Å². The number of anilines is 1. The van der Waals surface area contributed by atoms with Crippen molar-refractivity contribution in [1.29, 1.82) is 0 Å². The van der Waals surface area contributed by atoms with E-state index in [0.29, 0.717) is 5.88 Å². The van der Waals surface area contributed by atoms with E-state index in [0.717, 1.165) is 30.9 Å². The minimum absolute atomic E-state index is 0.00364. The molecule has 1 amide bonds. The van der Waals surface area contributed by atoms with E-state index in [2.05, 4.69) is 25.4 Å². The van der Waals surface area contributed by atoms with E-state index < -0.39 is 0 Å². The highest BCUT2D eigenvalue weighted by atomic mass is 16.5. The van der Waals surface area contributed by atoms with Crippen LogP contribution in [-0.2, 0) is 11.2 Å². The quantitative estimate of drug-likeness (QED) is 0.824. The van der Waals surface area contributed by atoms with Crippen molar-refractivity contribution >= 4 is 11.7 Å². The van der Waals surface area contributed by atoms with Crippen molar-refractivity contribution in [2.75, 3.05) is 24.6 Å². The first-order valence-corrected chi connectivity index (χ1v) is 8.60. The summed E-state index contributed by atoms with van der Waals surface area (Å²) in [5.41, 5.74) is 1.08. The third-order valence-corrected chi connectivity index (χ3v) is 4.08. The maximum absolute atomic E-state index is 12.0. The first-order chi connectivity index (χ1) is 12.2. The summed E-state index contributed by atoms with van der Waals surface area (Å²) in [4.78, 5) is 18.3. The molecule has 1 N–H and O–H groups in total. The minimum atomic E-state index is -0.179. The van der Waals surface area contributed by atoms with Gasteiger partial charge in [0, 0.05) is 37.6 Å². The van der Waals surface area contributed by atoms with Crippen molar-refractivity contribution in [3.63, 3.8) is 0 Å². The SMILES string of the molecule is CC(Cc1cccnc1)NC(=O)COc1ccc(N2CCCC2)nn1. The zero-order valence-corrected chi connectivity index (χ0v) is 14.4. The highest BCUT2D eigenvalue weighted by Crippen LogP contribution is 2.18. The Bertz CT molecular complexity index is 672. The van der Waals surface area contributed by atoms with Crippen molar-refractivity contribution in [3.8, 4) is 5.88 Å². The number of carbonyl (C=O) groups is 1. The number of hydrogen-bond acceptors (Lipinski definition) is 6. The number of aromatic nitrogens is 3. The standard InChI is InChI=1S/C18H23N5O2/c1-14(11-15-5-4-8-19-12-15)20-17(24)13-25-18-7-6-16(21-22-18)23-9-2-3-10-23/h4-8,12,14H,2-3,9-11,13H2,1H3,(H,20,24). The van der Waals surface area contributed by atoms with Gasteiger partial charge in [0.25, 0.3) is 5.91 Å². The Hall–Kier alpha value is -2.70. The predicted octanol–water partition coefficient (Wildman–Crippen LogP) is 1.60. The molecule has 3 rings (SSSR count). The molecule has 1 fully saturated rings. The third-order valence-electron chi connectivity index (χ3n) is 4.08. The van der Waals surface area contributed by atoms with Crippen LogP contribution in [0.3, 0.4) is 0 Å². The number of pyridine rings is 1. The van der Waals surface area contributed by atoms with Crippen LogP contribution in [0.1, 0.15) is 25.3 Å². The van der Waals surface area contributed by atoms with Crippen LogP contribution < -0.4 is 15.0 Å². The molecule has 0 bridgehead atoms. The first-order valence-electron chi connectivity index (χ1n) is 8.60. The molecule has 0 aromatic carbocycles. The molecule has 1 aliphatic heterocycles. The van der Waals surface area contributed by atoms with Gasteiger partial charge >= 0.3 is 0 Å². The Balaban J connectivity index is 1.42. The smallest absolute Gasteiger partial charge is 0.258 e. The van der Waals surface area contributed by atoms with Crippen molar-refractivity contribution in [1.82, 2.24) is 20.5 Å². The average Bonchev–Trinajstić information content (AvgIpc) is 3.16. The molecule has 0 radical (unpaired) electrons. The molecule has 0 spiro atoms. The lowest BCUT2D eigenvalue weighted by Gasteiger charge is -2.16. The lowest BCUT2D eigenvalue weighted by Crippen LogP contribution is -2.37. The number of hydrogen-bond donors (Lipinski definition) is 1. The van der Waals surface area contributed by atoms with Crippen molar-refractivity contribution < 1.29 is 9.53 Å². The van der Waals surface area contributed by atoms with Crippen molar-refractivity contribution in [3.05, 3.63) is 42.2 Å². The molecule has 0 aliphatic carbocycles. The predicted molar refractivity (Wildman–Crippen MR) is 94.5 cm³/mol. The summed E-state index contributed by atoms with van der Waals surface area (Å²) in [5, 5.41) is 11.1. The van der Waals surface area contributed by atoms with E-state index in [-0.39, 0.29) is 18.6 Å². The van der Waals surface area contributed by atoms with Gasteiger partial charge in [-0.3, -0.25) is 9.78 Å². The van der Waals surface area contributed by atoms with Crippen LogP contribution in [0.4, 0.5) is 5.82 Å². The van der Waals surface area contributed by atoms with Gasteiger partial charge in [-0.2, -0.15) is 0 Å². The van der Waals surface area contributed by atoms with E-state index in [4.69, 9.17) is 4.74 Å². The summed E-state index contributed by atoms with van der Waals surface area (Å²) in [6, 6.07) is 7.52. The Labute approximate surface area is 147 Å². The molecule has 132 valence electrons. The summed E-state index contributed by atoms with van der Waals surface area (Å²) in [5.74, 6) is 1.04. The lowest BCUT2D eigenvalue weighted by atomic mass is 10.1. The van der Waals surface area contributed by atoms with E-state index in [1.54, 1.807) is 18.5 Å². The Morgan fingerprint density at radius 2 is 2.12 bits per heavy atom. The van der Waals surface area contributed by atoms with Gasteiger partial charge in [-0.1, -0.05) is 6.07 Å². The fourth-order valence-corrected chi connectivity index (χ4v) is 2.88. The topological polar surface area (TPSA) is 80.2 Å². The Morgan fingerprint density at radius 1 is 1.28 bits per heavy atom. The number of nitrogens with one attached hydrogen (secondary N) is 1. The van der Waals surface area contributed by atoms with Gasteiger partial charge in [-0.05, 0) is 43.9 Å². The fraction of sp³-hybridized carbons (Fsp3) is 0.444. The van der Waals surface area contributed by atoms with Crippen LogP contribution in [0, 0.1) is 0 Å². The molecule has 2 aromatic heterocycles. The molecule has 1 atom stereocenters. The second-order valence-electron chi connectivity index (χ2n) is 6.25. The van der Waals surface area contributed by atoms with Crippen LogP contribution >= 0.6 is 0 Å². The molecular formula is C18H23N5O2. The first kappa shape index (κ1) is 17.1. The number of rotatable bonds is 7. The van der Waals surface area contributed by atoms with E-state index in [1.807, 2.05) is 25.1 Å². The maximum Gasteiger partial charge on any atom is 0.258 e. The van der Waals surface area contributed by atoms with Crippen LogP contribution in [0.5, 0.6) is 5.88 Å². The molecule has 3 heterocycles. The molecule has 1 unspecified atom stereocenters. The summed E-state index contributed by atoms with van der Waals surface area (Å²) >= 11 is 0. The van der Waals surface area contributed by atoms with Gasteiger partial charge < -0.3 is 15.0 Å². The van der Waals surface area contributed by atoms with Gasteiger partial charge in [0.15, 0.2) is 12.4 Å². The number of ether oxygens (including phenoxy) is 1. The molecular weight excluding hydrogens is 318 g/mol. The largest absolute Gasteiger partial charge is 0.466 e. The van der Waals surface area contributed by atoms with Crippen LogP contribution in [0.15, 0.2) is 36.7 Å². The normalized spacial score (nSPS) is 15.0. The van der Waals surface area contributed by atoms with Crippen molar-refractivity contribution in [2.24, 2.45) is 0 Å². The molecule has 1 saturated heterocycles. The van der Waals surface area contributed by atoms with E-state index in [1.165, 1.54) is 12.8 Å². The molecule has 7 heteroatoms. The summed E-state index contributed by atoms with van der Waals surface area (Å²) in [6.45, 7) is 3.92. The molecule has 25 heavy (non-hydrogen) atoms. The molecule has 0 saturated carbocycles. The number of amides is 1. The Morgan fingerprint density at radius 3 is 2.80 bits per heavy atom. The zero-order chi connectivity index (χ0) is 17.5. The maximum atomic E-state index is 12.0. The number of carbonyl (C=O) groups excluding carboxylic acids is 1. The lowest BCUT2D eigenvalue weighted by molar-refractivity contribution is -0.123. The van der Waals surface area contributed by atoms with Crippen LogP contribution in [0.25, 0.3) is 0 Å². The van der Waals surface area contributed by atoms with Gasteiger partial charge in [0.05, 0.1) is 0 Å². The van der Waals surface area contributed by atoms with E-state index in [9.17, 15) is 4.79 Å². The highest BCUT2D eigenvalue weighted by molar-refractivity contribution is 5.77. The zero-order valence-electron chi connectivity index (χ0n) is 14.4. The number of nitrogens with zero attached hydrogens (tertiary/aromatic N) is 4. The summed E-state index contributed by atoms with van der Waals surface area (Å²) < 4.78 is 5.42. The second-order valence-corrected chi connectivity index (χ2v) is 6.25. The highest BCUT2D eigenvalue weighted by Gasteiger charge is 2.14. The van der Waals surface area contributed by atoms with Gasteiger partial charge in [0.1, 0.15) is 0 Å². The minimum Gasteiger partial charge on any atom is -0.466 e. The van der Waals surface area contributed by atoms with Crippen LogP contribution in [-0.4, -0.2) is 46.8 Å². The second kappa shape index (κ2) is 8.41. The fourth-order valence-electron chi connectivity index (χ4n) is 2.88. The van der Waals surface area contributed by atoms with Gasteiger partial charge in [-0.25, -0.2) is 0 Å². The molecule has 1 aliphatic rings. The van der Waals surface area contributed by atoms with Gasteiger partial charge in [0.2, 0.25) is 5.88 Å².